The van der Waals surface area contributed by atoms with Gasteiger partial charge in [0.05, 0.1) is 0 Å². The van der Waals surface area contributed by atoms with Crippen LogP contribution in [0.4, 0.5) is 0 Å². The van der Waals surface area contributed by atoms with Gasteiger partial charge >= 0.3 is 0 Å². The van der Waals surface area contributed by atoms with Crippen LogP contribution in [0.15, 0.2) is 78.9 Å². The summed E-state index contributed by atoms with van der Waals surface area (Å²) in [6, 6.07) is 24.8. The number of carbonyl (C=O) groups excluding carboxylic acids is 1. The van der Waals surface area contributed by atoms with Gasteiger partial charge in [-0.25, -0.2) is 0 Å². The lowest BCUT2D eigenvalue weighted by Crippen LogP contribution is -1.99. The second-order valence-corrected chi connectivity index (χ2v) is 5.34. The molecule has 0 saturated heterocycles. The van der Waals surface area contributed by atoms with Crippen LogP contribution in [-0.4, -0.2) is 6.29 Å². The van der Waals surface area contributed by atoms with Gasteiger partial charge in [-0.1, -0.05) is 60.7 Å². The second-order valence-electron chi connectivity index (χ2n) is 5.34. The van der Waals surface area contributed by atoms with Crippen LogP contribution in [-0.2, 0) is 18.0 Å². The summed E-state index contributed by atoms with van der Waals surface area (Å²) in [5.74, 6) is 1.17. The molecule has 0 aromatic heterocycles. The Hall–Kier alpha value is -3.07. The first kappa shape index (κ1) is 15.8. The Labute approximate surface area is 141 Å². The zero-order valence-electron chi connectivity index (χ0n) is 13.1. The number of hydrogen-bond donors (Lipinski definition) is 0. The molecule has 0 unspecified atom stereocenters. The molecule has 0 amide bonds. The largest absolute Gasteiger partial charge is 0.489 e. The van der Waals surface area contributed by atoms with Crippen molar-refractivity contribution in [2.45, 2.75) is 13.2 Å². The molecule has 0 atom stereocenters. The molecule has 3 nitrogen and oxygen atoms in total. The Balaban J connectivity index is 1.69. The first-order valence-corrected chi connectivity index (χ1v) is 7.70. The van der Waals surface area contributed by atoms with Crippen molar-refractivity contribution in [2.75, 3.05) is 0 Å². The van der Waals surface area contributed by atoms with Crippen LogP contribution in [0.25, 0.3) is 0 Å². The minimum absolute atomic E-state index is 0.406. The van der Waals surface area contributed by atoms with Crippen LogP contribution < -0.4 is 9.47 Å². The third-order valence-corrected chi connectivity index (χ3v) is 3.49. The minimum Gasteiger partial charge on any atom is -0.489 e. The second kappa shape index (κ2) is 7.97. The summed E-state index contributed by atoms with van der Waals surface area (Å²) >= 11 is 0. The van der Waals surface area contributed by atoms with E-state index >= 15 is 0 Å². The molecular formula is C21H17O3. The van der Waals surface area contributed by atoms with E-state index in [1.807, 2.05) is 66.9 Å². The van der Waals surface area contributed by atoms with E-state index in [2.05, 4.69) is 0 Å². The van der Waals surface area contributed by atoms with Gasteiger partial charge in [0.1, 0.15) is 24.7 Å². The van der Waals surface area contributed by atoms with Gasteiger partial charge < -0.3 is 9.47 Å². The average Bonchev–Trinajstić information content (AvgIpc) is 2.66. The fourth-order valence-electron chi connectivity index (χ4n) is 2.28. The predicted molar refractivity (Wildman–Crippen MR) is 92.8 cm³/mol. The molecule has 3 rings (SSSR count). The van der Waals surface area contributed by atoms with Gasteiger partial charge in [0.25, 0.3) is 0 Å². The van der Waals surface area contributed by atoms with E-state index in [0.29, 0.717) is 30.3 Å². The zero-order valence-corrected chi connectivity index (χ0v) is 13.1. The summed E-state index contributed by atoms with van der Waals surface area (Å²) in [6.07, 6.45) is 1.89. The Bertz CT molecular complexity index is 721. The molecule has 24 heavy (non-hydrogen) atoms. The smallest absolute Gasteiger partial charge is 0.233 e. The van der Waals surface area contributed by atoms with E-state index in [1.165, 1.54) is 0 Å². The summed E-state index contributed by atoms with van der Waals surface area (Å²) in [4.78, 5) is 11.0. The van der Waals surface area contributed by atoms with Crippen LogP contribution in [0.5, 0.6) is 11.5 Å². The highest BCUT2D eigenvalue weighted by Crippen LogP contribution is 2.24. The molecule has 1 radical (unpaired) electrons. The van der Waals surface area contributed by atoms with Gasteiger partial charge in [-0.2, -0.15) is 0 Å². The molecule has 0 spiro atoms. The lowest BCUT2D eigenvalue weighted by molar-refractivity contribution is 0.290. The van der Waals surface area contributed by atoms with Crippen molar-refractivity contribution in [1.29, 1.82) is 0 Å². The van der Waals surface area contributed by atoms with Crippen LogP contribution in [0.1, 0.15) is 16.7 Å². The van der Waals surface area contributed by atoms with E-state index < -0.39 is 0 Å². The van der Waals surface area contributed by atoms with Gasteiger partial charge in [0.2, 0.25) is 6.29 Å². The van der Waals surface area contributed by atoms with Crippen LogP contribution in [0.2, 0.25) is 0 Å². The SMILES string of the molecule is O=[C]c1cc(OCc2ccccc2)cc(OCc2ccccc2)c1. The predicted octanol–water partition coefficient (Wildman–Crippen LogP) is 4.30. The van der Waals surface area contributed by atoms with Crippen molar-refractivity contribution in [2.24, 2.45) is 0 Å². The van der Waals surface area contributed by atoms with Gasteiger partial charge in [0, 0.05) is 11.6 Å². The fourth-order valence-corrected chi connectivity index (χ4v) is 2.28. The van der Waals surface area contributed by atoms with Crippen molar-refractivity contribution in [3.63, 3.8) is 0 Å². The van der Waals surface area contributed by atoms with E-state index in [9.17, 15) is 4.79 Å². The Morgan fingerprint density at radius 2 is 1.12 bits per heavy atom. The molecule has 3 aromatic carbocycles. The van der Waals surface area contributed by atoms with Crippen molar-refractivity contribution >= 4 is 6.29 Å². The van der Waals surface area contributed by atoms with Crippen molar-refractivity contribution in [3.05, 3.63) is 95.6 Å². The quantitative estimate of drug-likeness (QED) is 0.651. The summed E-state index contributed by atoms with van der Waals surface area (Å²) in [5, 5.41) is 0. The standard InChI is InChI=1S/C21H17O3/c22-14-19-11-20(23-15-17-7-3-1-4-8-17)13-21(12-19)24-16-18-9-5-2-6-10-18/h1-13H,15-16H2. The highest BCUT2D eigenvalue weighted by Gasteiger charge is 2.05. The van der Waals surface area contributed by atoms with E-state index in [0.717, 1.165) is 11.1 Å². The molecular weight excluding hydrogens is 300 g/mol. The first-order valence-electron chi connectivity index (χ1n) is 7.70. The summed E-state index contributed by atoms with van der Waals surface area (Å²) < 4.78 is 11.5. The molecule has 0 N–H and O–H groups in total. The maximum atomic E-state index is 11.0. The summed E-state index contributed by atoms with van der Waals surface area (Å²) in [6.45, 7) is 0.864. The Morgan fingerprint density at radius 3 is 1.54 bits per heavy atom. The summed E-state index contributed by atoms with van der Waals surface area (Å²) in [7, 11) is 0. The molecule has 3 heteroatoms. The topological polar surface area (TPSA) is 35.5 Å². The number of ether oxygens (including phenoxy) is 2. The number of hydrogen-bond acceptors (Lipinski definition) is 3. The fraction of sp³-hybridized carbons (Fsp3) is 0.0952. The number of rotatable bonds is 7. The van der Waals surface area contributed by atoms with Gasteiger partial charge in [-0.05, 0) is 23.3 Å². The number of benzene rings is 3. The molecule has 0 aliphatic rings. The molecule has 0 aliphatic carbocycles. The zero-order chi connectivity index (χ0) is 16.6. The maximum Gasteiger partial charge on any atom is 0.233 e. The van der Waals surface area contributed by atoms with E-state index in [4.69, 9.17) is 9.47 Å². The third-order valence-electron chi connectivity index (χ3n) is 3.49. The molecule has 3 aromatic rings. The van der Waals surface area contributed by atoms with Crippen molar-refractivity contribution in [3.8, 4) is 11.5 Å². The van der Waals surface area contributed by atoms with Crippen molar-refractivity contribution in [1.82, 2.24) is 0 Å². The van der Waals surface area contributed by atoms with E-state index in [-0.39, 0.29) is 0 Å². The summed E-state index contributed by atoms with van der Waals surface area (Å²) in [5.41, 5.74) is 2.53. The van der Waals surface area contributed by atoms with E-state index in [1.54, 1.807) is 18.2 Å². The molecule has 0 bridgehead atoms. The van der Waals surface area contributed by atoms with Gasteiger partial charge in [-0.15, -0.1) is 0 Å². The lowest BCUT2D eigenvalue weighted by atomic mass is 10.2. The molecule has 0 heterocycles. The Morgan fingerprint density at radius 1 is 0.667 bits per heavy atom. The van der Waals surface area contributed by atoms with Gasteiger partial charge in [0.15, 0.2) is 0 Å². The molecule has 119 valence electrons. The molecule has 0 saturated carbocycles. The van der Waals surface area contributed by atoms with Crippen LogP contribution in [0.3, 0.4) is 0 Å². The van der Waals surface area contributed by atoms with Crippen LogP contribution in [0, 0.1) is 0 Å². The lowest BCUT2D eigenvalue weighted by Gasteiger charge is -2.11. The molecule has 0 fully saturated rings. The van der Waals surface area contributed by atoms with Gasteiger partial charge in [-0.3, -0.25) is 4.79 Å². The van der Waals surface area contributed by atoms with Crippen LogP contribution >= 0.6 is 0 Å². The molecule has 0 aliphatic heterocycles. The normalized spacial score (nSPS) is 10.2. The highest BCUT2D eigenvalue weighted by molar-refractivity contribution is 5.77. The average molecular weight is 317 g/mol. The Kier molecular flexibility index (Phi) is 5.25. The first-order chi connectivity index (χ1) is 11.8. The monoisotopic (exact) mass is 317 g/mol. The minimum atomic E-state index is 0.406. The third kappa shape index (κ3) is 4.46. The maximum absolute atomic E-state index is 11.0. The van der Waals surface area contributed by atoms with Crippen molar-refractivity contribution < 1.29 is 14.3 Å². The highest BCUT2D eigenvalue weighted by atomic mass is 16.5.